The van der Waals surface area contributed by atoms with Crippen LogP contribution in [0.1, 0.15) is 78.8 Å². The van der Waals surface area contributed by atoms with Crippen LogP contribution in [0.4, 0.5) is 17.6 Å². The van der Waals surface area contributed by atoms with Gasteiger partial charge in [0.05, 0.1) is 10.8 Å². The summed E-state index contributed by atoms with van der Waals surface area (Å²) in [7, 11) is -3.80. The van der Waals surface area contributed by atoms with Crippen molar-refractivity contribution in [3.05, 3.63) is 57.9 Å². The minimum atomic E-state index is -4.85. The highest BCUT2D eigenvalue weighted by molar-refractivity contribution is 7.91. The van der Waals surface area contributed by atoms with E-state index in [9.17, 15) is 26.4 Å². The van der Waals surface area contributed by atoms with E-state index in [1.807, 2.05) is 4.72 Å². The Morgan fingerprint density at radius 3 is 2.24 bits per heavy atom. The first-order valence-electron chi connectivity index (χ1n) is 13.7. The number of hydrogen-bond acceptors (Lipinski definition) is 6. The van der Waals surface area contributed by atoms with Crippen molar-refractivity contribution in [3.63, 3.8) is 0 Å². The SMILES string of the molecule is O=C(NS(=O)(=O)C1CC1)c1cc(C2CC2)c(CN2[C@@H]3CC[C@H]2C[C@@H](Oc2cc(Cl)cc(OC(F)(F)F)c2)C3)cc1F. The van der Waals surface area contributed by atoms with Crippen molar-refractivity contribution in [2.45, 2.75) is 93.6 Å². The molecule has 6 rings (SSSR count). The third-order valence-corrected chi connectivity index (χ3v) is 10.3. The third kappa shape index (κ3) is 6.59. The van der Waals surface area contributed by atoms with Gasteiger partial charge in [0.25, 0.3) is 5.91 Å². The summed E-state index contributed by atoms with van der Waals surface area (Å²) in [6.45, 7) is 0.480. The highest BCUT2D eigenvalue weighted by atomic mass is 35.5. The minimum absolute atomic E-state index is 0.0686. The van der Waals surface area contributed by atoms with Crippen LogP contribution in [-0.2, 0) is 16.6 Å². The molecule has 0 spiro atoms. The predicted octanol–water partition coefficient (Wildman–Crippen LogP) is 6.05. The predicted molar refractivity (Wildman–Crippen MR) is 142 cm³/mol. The van der Waals surface area contributed by atoms with Crippen molar-refractivity contribution in [2.24, 2.45) is 0 Å². The normalized spacial score (nSPS) is 24.8. The lowest BCUT2D eigenvalue weighted by molar-refractivity contribution is -0.274. The van der Waals surface area contributed by atoms with Gasteiger partial charge in [0.2, 0.25) is 10.0 Å². The van der Waals surface area contributed by atoms with E-state index in [-0.39, 0.29) is 40.4 Å². The van der Waals surface area contributed by atoms with E-state index in [1.54, 1.807) is 0 Å². The van der Waals surface area contributed by atoms with E-state index < -0.39 is 39.1 Å². The number of amides is 1. The number of sulfonamides is 1. The second-order valence-electron chi connectivity index (χ2n) is 11.4. The van der Waals surface area contributed by atoms with Gasteiger partial charge in [-0.1, -0.05) is 11.6 Å². The van der Waals surface area contributed by atoms with Gasteiger partial charge in [-0.3, -0.25) is 9.69 Å². The molecule has 41 heavy (non-hydrogen) atoms. The summed E-state index contributed by atoms with van der Waals surface area (Å²) >= 11 is 6.00. The molecule has 2 saturated heterocycles. The highest BCUT2D eigenvalue weighted by Crippen LogP contribution is 2.45. The molecule has 1 N–H and O–H groups in total. The van der Waals surface area contributed by atoms with Crippen molar-refractivity contribution in [1.82, 2.24) is 9.62 Å². The molecular weight excluding hydrogens is 588 g/mol. The van der Waals surface area contributed by atoms with E-state index >= 15 is 4.39 Å². The smallest absolute Gasteiger partial charge is 0.490 e. The van der Waals surface area contributed by atoms with E-state index in [0.717, 1.165) is 42.9 Å². The fourth-order valence-electron chi connectivity index (χ4n) is 6.13. The molecule has 0 radical (unpaired) electrons. The highest BCUT2D eigenvalue weighted by Gasteiger charge is 2.43. The van der Waals surface area contributed by atoms with Crippen LogP contribution in [0.25, 0.3) is 0 Å². The Labute approximate surface area is 240 Å². The van der Waals surface area contributed by atoms with Crippen LogP contribution >= 0.6 is 11.6 Å². The van der Waals surface area contributed by atoms with Crippen molar-refractivity contribution in [2.75, 3.05) is 0 Å². The zero-order chi connectivity index (χ0) is 29.1. The Hall–Kier alpha value is -2.57. The number of ether oxygens (including phenoxy) is 2. The average molecular weight is 617 g/mol. The molecule has 0 unspecified atom stereocenters. The lowest BCUT2D eigenvalue weighted by atomic mass is 9.95. The maximum absolute atomic E-state index is 15.2. The second-order valence-corrected chi connectivity index (χ2v) is 13.8. The van der Waals surface area contributed by atoms with Crippen LogP contribution in [0.3, 0.4) is 0 Å². The number of alkyl halides is 3. The minimum Gasteiger partial charge on any atom is -0.490 e. The van der Waals surface area contributed by atoms with Crippen molar-refractivity contribution in [1.29, 1.82) is 0 Å². The van der Waals surface area contributed by atoms with E-state index in [4.69, 9.17) is 16.3 Å². The number of hydrogen-bond donors (Lipinski definition) is 1. The maximum Gasteiger partial charge on any atom is 0.573 e. The number of carbonyl (C=O) groups is 1. The number of nitrogens with one attached hydrogen (secondary N) is 1. The lowest BCUT2D eigenvalue weighted by Crippen LogP contribution is -2.45. The van der Waals surface area contributed by atoms with Crippen molar-refractivity contribution < 1.29 is 40.2 Å². The largest absolute Gasteiger partial charge is 0.573 e. The Morgan fingerprint density at radius 1 is 0.976 bits per heavy atom. The molecule has 2 bridgehead atoms. The van der Waals surface area contributed by atoms with Gasteiger partial charge in [-0.2, -0.15) is 0 Å². The van der Waals surface area contributed by atoms with Gasteiger partial charge >= 0.3 is 6.36 Å². The molecule has 13 heteroatoms. The summed E-state index contributed by atoms with van der Waals surface area (Å²) < 4.78 is 89.8. The van der Waals surface area contributed by atoms with E-state index in [0.29, 0.717) is 32.2 Å². The Balaban J connectivity index is 1.15. The number of halogens is 5. The summed E-state index contributed by atoms with van der Waals surface area (Å²) in [4.78, 5) is 15.0. The number of carbonyl (C=O) groups excluding carboxylic acids is 1. The lowest BCUT2D eigenvalue weighted by Gasteiger charge is -2.39. The van der Waals surface area contributed by atoms with Crippen LogP contribution in [0.2, 0.25) is 5.02 Å². The molecule has 2 aliphatic carbocycles. The number of piperidine rings is 1. The Bertz CT molecular complexity index is 1450. The van der Waals surface area contributed by atoms with Gasteiger partial charge < -0.3 is 9.47 Å². The fourth-order valence-corrected chi connectivity index (χ4v) is 7.63. The zero-order valence-electron chi connectivity index (χ0n) is 21.9. The summed E-state index contributed by atoms with van der Waals surface area (Å²) in [5.74, 6) is -1.74. The van der Waals surface area contributed by atoms with Crippen molar-refractivity contribution in [3.8, 4) is 11.5 Å². The molecule has 4 fully saturated rings. The Kier molecular flexibility index (Phi) is 7.39. The summed E-state index contributed by atoms with van der Waals surface area (Å²) in [6, 6.07) is 6.84. The monoisotopic (exact) mass is 616 g/mol. The van der Waals surface area contributed by atoms with Crippen LogP contribution < -0.4 is 14.2 Å². The number of rotatable bonds is 9. The molecule has 2 heterocycles. The maximum atomic E-state index is 15.2. The molecule has 3 atom stereocenters. The summed E-state index contributed by atoms with van der Waals surface area (Å²) in [6.07, 6.45) is 0.833. The van der Waals surface area contributed by atoms with E-state index in [2.05, 4.69) is 9.64 Å². The molecule has 0 aromatic heterocycles. The number of fused-ring (bicyclic) bond motifs is 2. The first-order valence-corrected chi connectivity index (χ1v) is 15.6. The standard InChI is InChI=1S/C28H29ClF4N2O5S/c29-17-8-20(12-22(9-17)40-28(31,32)33)39-21-10-18-3-4-19(11-21)35(18)14-16-7-26(30)25(13-24(16)15-1-2-15)27(36)34-41(37,38)23-5-6-23/h7-9,12-13,15,18-19,21,23H,1-6,10-11,14H2,(H,34,36)/t18-,19+,21+. The first kappa shape index (κ1) is 28.5. The quantitative estimate of drug-likeness (QED) is 0.345. The third-order valence-electron chi connectivity index (χ3n) is 8.26. The van der Waals surface area contributed by atoms with Crippen LogP contribution in [0.15, 0.2) is 30.3 Å². The van der Waals surface area contributed by atoms with Crippen LogP contribution in [-0.4, -0.2) is 49.0 Å². The molecule has 222 valence electrons. The molecular formula is C28H29ClF4N2O5S. The first-order chi connectivity index (χ1) is 19.3. The molecule has 2 aromatic rings. The molecule has 2 aliphatic heterocycles. The summed E-state index contributed by atoms with van der Waals surface area (Å²) in [5.41, 5.74) is 1.39. The molecule has 4 aliphatic rings. The number of nitrogens with zero attached hydrogens (tertiary/aromatic N) is 1. The zero-order valence-corrected chi connectivity index (χ0v) is 23.5. The number of benzene rings is 2. The van der Waals surface area contributed by atoms with Gasteiger partial charge in [-0.25, -0.2) is 17.5 Å². The Morgan fingerprint density at radius 2 is 1.63 bits per heavy atom. The van der Waals surface area contributed by atoms with Crippen LogP contribution in [0.5, 0.6) is 11.5 Å². The second kappa shape index (κ2) is 10.6. The average Bonchev–Trinajstić information content (AvgIpc) is 3.75. The topological polar surface area (TPSA) is 84.9 Å². The van der Waals surface area contributed by atoms with Gasteiger partial charge in [0, 0.05) is 29.7 Å². The summed E-state index contributed by atoms with van der Waals surface area (Å²) in [5, 5.41) is -0.521. The molecule has 2 saturated carbocycles. The van der Waals surface area contributed by atoms with Gasteiger partial charge in [0.15, 0.2) is 0 Å². The molecule has 7 nitrogen and oxygen atoms in total. The van der Waals surface area contributed by atoms with E-state index in [1.165, 1.54) is 24.3 Å². The van der Waals surface area contributed by atoms with Gasteiger partial charge in [0.1, 0.15) is 23.4 Å². The molecule has 2 aromatic carbocycles. The van der Waals surface area contributed by atoms with Gasteiger partial charge in [-0.05, 0) is 92.7 Å². The molecule has 1 amide bonds. The fraction of sp³-hybridized carbons (Fsp3) is 0.536. The van der Waals surface area contributed by atoms with Crippen molar-refractivity contribution >= 4 is 27.5 Å². The van der Waals surface area contributed by atoms with Crippen LogP contribution in [0, 0.1) is 5.82 Å². The van der Waals surface area contributed by atoms with Gasteiger partial charge in [-0.15, -0.1) is 13.2 Å².